The highest BCUT2D eigenvalue weighted by molar-refractivity contribution is 5.80. The van der Waals surface area contributed by atoms with E-state index in [-0.39, 0.29) is 5.92 Å². The minimum atomic E-state index is -0.966. The molecule has 0 aromatic carbocycles. The second kappa shape index (κ2) is 4.44. The summed E-state index contributed by atoms with van der Waals surface area (Å²) >= 11 is 0. The minimum Gasteiger partial charge on any atom is -0.480 e. The van der Waals surface area contributed by atoms with Crippen molar-refractivity contribution < 1.29 is 19.4 Å². The summed E-state index contributed by atoms with van der Waals surface area (Å²) in [6.45, 7) is 5.27. The van der Waals surface area contributed by atoms with Crippen LogP contribution in [0.3, 0.4) is 0 Å². The summed E-state index contributed by atoms with van der Waals surface area (Å²) in [6, 6.07) is -0.812. The molecule has 0 heterocycles. The van der Waals surface area contributed by atoms with Crippen LogP contribution in [-0.4, -0.2) is 28.8 Å². The van der Waals surface area contributed by atoms with E-state index < -0.39 is 23.7 Å². The Hall–Kier alpha value is -1.26. The van der Waals surface area contributed by atoms with Crippen LogP contribution < -0.4 is 5.32 Å². The maximum absolute atomic E-state index is 11.6. The van der Waals surface area contributed by atoms with Gasteiger partial charge in [0.05, 0.1) is 0 Å². The molecule has 102 valence electrons. The Labute approximate surface area is 107 Å². The molecule has 0 aromatic rings. The monoisotopic (exact) mass is 255 g/mol. The van der Waals surface area contributed by atoms with Gasteiger partial charge in [-0.3, -0.25) is 0 Å². The second-order valence-electron chi connectivity index (χ2n) is 6.45. The second-order valence-corrected chi connectivity index (χ2v) is 6.45. The Morgan fingerprint density at radius 3 is 2.22 bits per heavy atom. The number of amides is 1. The fourth-order valence-electron chi connectivity index (χ4n) is 2.85. The fourth-order valence-corrected chi connectivity index (χ4v) is 2.85. The van der Waals surface area contributed by atoms with E-state index in [1.165, 1.54) is 6.42 Å². The zero-order valence-corrected chi connectivity index (χ0v) is 11.1. The van der Waals surface area contributed by atoms with Crippen molar-refractivity contribution in [1.82, 2.24) is 5.32 Å². The van der Waals surface area contributed by atoms with Gasteiger partial charge in [-0.15, -0.1) is 0 Å². The van der Waals surface area contributed by atoms with E-state index in [4.69, 9.17) is 4.74 Å². The van der Waals surface area contributed by atoms with Crippen LogP contribution in [0.25, 0.3) is 0 Å². The Morgan fingerprint density at radius 2 is 1.78 bits per heavy atom. The number of carbonyl (C=O) groups is 2. The van der Waals surface area contributed by atoms with E-state index in [9.17, 15) is 14.7 Å². The molecule has 0 bridgehead atoms. The molecule has 2 aliphatic rings. The van der Waals surface area contributed by atoms with Crippen molar-refractivity contribution in [2.24, 2.45) is 17.8 Å². The highest BCUT2D eigenvalue weighted by Gasteiger charge is 2.49. The molecule has 0 saturated heterocycles. The van der Waals surface area contributed by atoms with Crippen molar-refractivity contribution in [2.75, 3.05) is 0 Å². The highest BCUT2D eigenvalue weighted by atomic mass is 16.6. The van der Waals surface area contributed by atoms with Gasteiger partial charge in [-0.05, 0) is 57.8 Å². The number of ether oxygens (including phenoxy) is 1. The summed E-state index contributed by atoms with van der Waals surface area (Å²) in [7, 11) is 0. The topological polar surface area (TPSA) is 75.6 Å². The number of alkyl carbamates (subject to hydrolysis) is 1. The predicted molar refractivity (Wildman–Crippen MR) is 65.1 cm³/mol. The summed E-state index contributed by atoms with van der Waals surface area (Å²) < 4.78 is 5.10. The lowest BCUT2D eigenvalue weighted by Crippen LogP contribution is -2.47. The zero-order chi connectivity index (χ0) is 13.5. The number of carbonyl (C=O) groups excluding carboxylic acids is 1. The molecular weight excluding hydrogens is 234 g/mol. The standard InChI is InChI=1S/C13H21NO4/c1-13(2,3)18-12(17)14-10(11(15)16)9-5-7-4-8(7)6-9/h7-10H,4-6H2,1-3H3,(H,14,17)(H,15,16)/t7-,8-,10-/m0/s1. The SMILES string of the molecule is CC(C)(C)OC(=O)N[C@H](C(=O)O)C1C[C@@H]2C[C@H]2C1. The van der Waals surface area contributed by atoms with E-state index in [1.54, 1.807) is 20.8 Å². The number of nitrogens with one attached hydrogen (secondary N) is 1. The first-order valence-electron chi connectivity index (χ1n) is 6.48. The third-order valence-electron chi connectivity index (χ3n) is 3.69. The van der Waals surface area contributed by atoms with Crippen LogP contribution in [0.15, 0.2) is 0 Å². The van der Waals surface area contributed by atoms with Crippen molar-refractivity contribution in [3.05, 3.63) is 0 Å². The van der Waals surface area contributed by atoms with Crippen molar-refractivity contribution in [3.63, 3.8) is 0 Å². The normalized spacial score (nSPS) is 28.4. The quantitative estimate of drug-likeness (QED) is 0.809. The average Bonchev–Trinajstić information content (AvgIpc) is 2.79. The van der Waals surface area contributed by atoms with Crippen molar-refractivity contribution in [2.45, 2.75) is 51.7 Å². The van der Waals surface area contributed by atoms with Crippen LogP contribution in [0, 0.1) is 17.8 Å². The van der Waals surface area contributed by atoms with Gasteiger partial charge in [-0.2, -0.15) is 0 Å². The number of rotatable bonds is 3. The third-order valence-corrected chi connectivity index (χ3v) is 3.69. The lowest BCUT2D eigenvalue weighted by Gasteiger charge is -2.25. The first kappa shape index (κ1) is 13.2. The molecule has 0 unspecified atom stereocenters. The van der Waals surface area contributed by atoms with Gasteiger partial charge >= 0.3 is 12.1 Å². The largest absolute Gasteiger partial charge is 0.480 e. The molecule has 0 radical (unpaired) electrons. The summed E-state index contributed by atoms with van der Waals surface area (Å²) in [6.07, 6.45) is 2.42. The first-order valence-corrected chi connectivity index (χ1v) is 6.48. The molecule has 0 spiro atoms. The van der Waals surface area contributed by atoms with Crippen LogP contribution in [0.5, 0.6) is 0 Å². The van der Waals surface area contributed by atoms with Crippen LogP contribution >= 0.6 is 0 Å². The maximum atomic E-state index is 11.6. The number of carboxylic acids is 1. The summed E-state index contributed by atoms with van der Waals surface area (Å²) in [4.78, 5) is 22.9. The van der Waals surface area contributed by atoms with Crippen LogP contribution in [0.4, 0.5) is 4.79 Å². The number of hydrogen-bond acceptors (Lipinski definition) is 3. The molecule has 0 aliphatic heterocycles. The molecule has 2 saturated carbocycles. The smallest absolute Gasteiger partial charge is 0.408 e. The molecular formula is C13H21NO4. The van der Waals surface area contributed by atoms with E-state index in [0.29, 0.717) is 11.8 Å². The molecule has 18 heavy (non-hydrogen) atoms. The van der Waals surface area contributed by atoms with E-state index in [1.807, 2.05) is 0 Å². The van der Waals surface area contributed by atoms with Crippen molar-refractivity contribution >= 4 is 12.1 Å². The number of carboxylic acid groups (broad SMARTS) is 1. The van der Waals surface area contributed by atoms with Gasteiger partial charge in [0, 0.05) is 0 Å². The molecule has 2 N–H and O–H groups in total. The van der Waals surface area contributed by atoms with E-state index in [0.717, 1.165) is 12.8 Å². The van der Waals surface area contributed by atoms with Gasteiger partial charge in [-0.1, -0.05) is 0 Å². The Kier molecular flexibility index (Phi) is 3.25. The van der Waals surface area contributed by atoms with Gasteiger partial charge in [0.1, 0.15) is 11.6 Å². The Bertz CT molecular complexity index is 350. The summed E-state index contributed by atoms with van der Waals surface area (Å²) in [5.74, 6) is 0.473. The van der Waals surface area contributed by atoms with Crippen LogP contribution in [0.2, 0.25) is 0 Å². The minimum absolute atomic E-state index is 0.0544. The Morgan fingerprint density at radius 1 is 1.22 bits per heavy atom. The Balaban J connectivity index is 1.90. The van der Waals surface area contributed by atoms with Crippen LogP contribution in [-0.2, 0) is 9.53 Å². The maximum Gasteiger partial charge on any atom is 0.408 e. The average molecular weight is 255 g/mol. The number of aliphatic carboxylic acids is 1. The van der Waals surface area contributed by atoms with Crippen molar-refractivity contribution in [1.29, 1.82) is 0 Å². The van der Waals surface area contributed by atoms with E-state index in [2.05, 4.69) is 5.32 Å². The van der Waals surface area contributed by atoms with Gasteiger partial charge in [0.15, 0.2) is 0 Å². The predicted octanol–water partition coefficient (Wildman–Crippen LogP) is 2.01. The van der Waals surface area contributed by atoms with Crippen LogP contribution in [0.1, 0.15) is 40.0 Å². The molecule has 3 atom stereocenters. The molecule has 5 nitrogen and oxygen atoms in total. The zero-order valence-electron chi connectivity index (χ0n) is 11.1. The molecule has 2 rings (SSSR count). The van der Waals surface area contributed by atoms with Gasteiger partial charge in [0.2, 0.25) is 0 Å². The number of hydrogen-bond donors (Lipinski definition) is 2. The van der Waals surface area contributed by atoms with E-state index >= 15 is 0 Å². The number of fused-ring (bicyclic) bond motifs is 1. The highest BCUT2D eigenvalue weighted by Crippen LogP contribution is 2.55. The molecule has 0 aromatic heterocycles. The molecule has 2 aliphatic carbocycles. The molecule has 5 heteroatoms. The first-order chi connectivity index (χ1) is 8.26. The van der Waals surface area contributed by atoms with Gasteiger partial charge < -0.3 is 15.2 Å². The third kappa shape index (κ3) is 3.15. The summed E-state index contributed by atoms with van der Waals surface area (Å²) in [5.41, 5.74) is -0.606. The fraction of sp³-hybridized carbons (Fsp3) is 0.846. The summed E-state index contributed by atoms with van der Waals surface area (Å²) in [5, 5.41) is 11.7. The lowest BCUT2D eigenvalue weighted by atomic mass is 9.94. The molecule has 2 fully saturated rings. The van der Waals surface area contributed by atoms with Gasteiger partial charge in [0.25, 0.3) is 0 Å². The van der Waals surface area contributed by atoms with Crippen molar-refractivity contribution in [3.8, 4) is 0 Å². The lowest BCUT2D eigenvalue weighted by molar-refractivity contribution is -0.141. The van der Waals surface area contributed by atoms with Gasteiger partial charge in [-0.25, -0.2) is 9.59 Å². The molecule has 1 amide bonds.